The van der Waals surface area contributed by atoms with Gasteiger partial charge in [-0.25, -0.2) is 9.37 Å². The topological polar surface area (TPSA) is 87.6 Å². The summed E-state index contributed by atoms with van der Waals surface area (Å²) in [4.78, 5) is 20.1. The first kappa shape index (κ1) is 16.7. The fourth-order valence-corrected chi connectivity index (χ4v) is 3.52. The molecule has 1 aliphatic rings. The standard InChI is InChI=1S/C18H21FN6O/c1-25-10-11(7-22-25)13-8-20-9-14(13)18(26)21-5-4-17-23-15-3-2-12(19)6-16(15)24-17/h2-3,6-7,10,13-14,20H,4-5,8-9H2,1H3,(H,21,26)(H,23,24)/t13-,14+/m1/s1. The highest BCUT2D eigenvalue weighted by atomic mass is 19.1. The van der Waals surface area contributed by atoms with Gasteiger partial charge >= 0.3 is 0 Å². The van der Waals surface area contributed by atoms with E-state index in [1.165, 1.54) is 12.1 Å². The Morgan fingerprint density at radius 2 is 2.31 bits per heavy atom. The second-order valence-corrected chi connectivity index (χ2v) is 6.70. The number of imidazole rings is 1. The molecule has 8 heteroatoms. The molecule has 4 rings (SSSR count). The van der Waals surface area contributed by atoms with Crippen LogP contribution in [0.25, 0.3) is 11.0 Å². The number of nitrogens with zero attached hydrogens (tertiary/aromatic N) is 3. The molecule has 2 aromatic heterocycles. The Labute approximate surface area is 150 Å². The highest BCUT2D eigenvalue weighted by molar-refractivity contribution is 5.80. The summed E-state index contributed by atoms with van der Waals surface area (Å²) in [5.41, 5.74) is 2.48. The molecule has 1 saturated heterocycles. The Morgan fingerprint density at radius 1 is 1.42 bits per heavy atom. The number of benzene rings is 1. The number of H-pyrrole nitrogens is 1. The van der Waals surface area contributed by atoms with Crippen molar-refractivity contribution < 1.29 is 9.18 Å². The number of amides is 1. The lowest BCUT2D eigenvalue weighted by Crippen LogP contribution is -2.35. The van der Waals surface area contributed by atoms with E-state index >= 15 is 0 Å². The van der Waals surface area contributed by atoms with Crippen molar-refractivity contribution >= 4 is 16.9 Å². The predicted molar refractivity (Wildman–Crippen MR) is 95.1 cm³/mol. The van der Waals surface area contributed by atoms with Crippen LogP contribution in [-0.4, -0.2) is 45.3 Å². The summed E-state index contributed by atoms with van der Waals surface area (Å²) in [6.07, 6.45) is 4.36. The predicted octanol–water partition coefficient (Wildman–Crippen LogP) is 1.10. The highest BCUT2D eigenvalue weighted by Crippen LogP contribution is 2.27. The zero-order chi connectivity index (χ0) is 18.1. The summed E-state index contributed by atoms with van der Waals surface area (Å²) in [5.74, 6) is 0.503. The van der Waals surface area contributed by atoms with Crippen molar-refractivity contribution in [1.82, 2.24) is 30.4 Å². The first-order valence-electron chi connectivity index (χ1n) is 8.71. The van der Waals surface area contributed by atoms with Gasteiger partial charge in [0.2, 0.25) is 5.91 Å². The van der Waals surface area contributed by atoms with Crippen LogP contribution < -0.4 is 10.6 Å². The number of nitrogens with one attached hydrogen (secondary N) is 3. The van der Waals surface area contributed by atoms with Crippen molar-refractivity contribution in [2.45, 2.75) is 12.3 Å². The molecule has 1 aromatic carbocycles. The summed E-state index contributed by atoms with van der Waals surface area (Å²) in [5, 5.41) is 10.5. The quantitative estimate of drug-likeness (QED) is 0.639. The molecule has 0 radical (unpaired) electrons. The molecular weight excluding hydrogens is 335 g/mol. The number of hydrogen-bond acceptors (Lipinski definition) is 4. The highest BCUT2D eigenvalue weighted by Gasteiger charge is 2.34. The molecule has 0 aliphatic carbocycles. The maximum atomic E-state index is 13.2. The minimum Gasteiger partial charge on any atom is -0.355 e. The van der Waals surface area contributed by atoms with E-state index in [0.29, 0.717) is 25.0 Å². The van der Waals surface area contributed by atoms with Crippen LogP contribution in [0.4, 0.5) is 4.39 Å². The normalized spacial score (nSPS) is 19.9. The number of aromatic amines is 1. The molecule has 1 fully saturated rings. The van der Waals surface area contributed by atoms with Gasteiger partial charge in [0.1, 0.15) is 11.6 Å². The van der Waals surface area contributed by atoms with Gasteiger partial charge in [-0.2, -0.15) is 5.10 Å². The molecule has 3 heterocycles. The van der Waals surface area contributed by atoms with Crippen molar-refractivity contribution in [3.63, 3.8) is 0 Å². The average Bonchev–Trinajstić information content (AvgIpc) is 3.32. The minimum absolute atomic E-state index is 0.0333. The van der Waals surface area contributed by atoms with Crippen LogP contribution >= 0.6 is 0 Å². The van der Waals surface area contributed by atoms with E-state index in [2.05, 4.69) is 25.7 Å². The van der Waals surface area contributed by atoms with Gasteiger partial charge < -0.3 is 15.6 Å². The Hall–Kier alpha value is -2.74. The van der Waals surface area contributed by atoms with Crippen LogP contribution in [0.3, 0.4) is 0 Å². The Balaban J connectivity index is 1.35. The van der Waals surface area contributed by atoms with Gasteiger partial charge in [-0.05, 0) is 23.8 Å². The van der Waals surface area contributed by atoms with Gasteiger partial charge in [0.15, 0.2) is 0 Å². The number of aryl methyl sites for hydroxylation is 1. The number of aromatic nitrogens is 4. The van der Waals surface area contributed by atoms with E-state index in [1.807, 2.05) is 19.4 Å². The maximum absolute atomic E-state index is 13.2. The van der Waals surface area contributed by atoms with Crippen LogP contribution in [0.2, 0.25) is 0 Å². The molecule has 0 saturated carbocycles. The van der Waals surface area contributed by atoms with Crippen molar-refractivity contribution in [2.75, 3.05) is 19.6 Å². The number of fused-ring (bicyclic) bond motifs is 1. The van der Waals surface area contributed by atoms with Crippen molar-refractivity contribution in [3.8, 4) is 0 Å². The number of halogens is 1. The molecule has 0 unspecified atom stereocenters. The van der Waals surface area contributed by atoms with Gasteiger partial charge in [0.05, 0.1) is 23.1 Å². The molecule has 136 valence electrons. The second kappa shape index (κ2) is 6.87. The lowest BCUT2D eigenvalue weighted by molar-refractivity contribution is -0.124. The third kappa shape index (κ3) is 3.32. The first-order valence-corrected chi connectivity index (χ1v) is 8.71. The number of carbonyl (C=O) groups excluding carboxylic acids is 1. The van der Waals surface area contributed by atoms with Gasteiger partial charge in [-0.15, -0.1) is 0 Å². The Kier molecular flexibility index (Phi) is 4.42. The van der Waals surface area contributed by atoms with Crippen LogP contribution in [0.5, 0.6) is 0 Å². The van der Waals surface area contributed by atoms with E-state index in [1.54, 1.807) is 10.7 Å². The fraction of sp³-hybridized carbons (Fsp3) is 0.389. The van der Waals surface area contributed by atoms with E-state index < -0.39 is 0 Å². The maximum Gasteiger partial charge on any atom is 0.225 e. The van der Waals surface area contributed by atoms with Crippen molar-refractivity contribution in [3.05, 3.63) is 47.8 Å². The zero-order valence-electron chi connectivity index (χ0n) is 14.5. The summed E-state index contributed by atoms with van der Waals surface area (Å²) < 4.78 is 15.0. The summed E-state index contributed by atoms with van der Waals surface area (Å²) in [6, 6.07) is 4.46. The summed E-state index contributed by atoms with van der Waals surface area (Å²) in [7, 11) is 1.88. The van der Waals surface area contributed by atoms with E-state index in [0.717, 1.165) is 23.4 Å². The zero-order valence-corrected chi connectivity index (χ0v) is 14.5. The molecule has 0 spiro atoms. The lowest BCUT2D eigenvalue weighted by Gasteiger charge is -2.16. The largest absolute Gasteiger partial charge is 0.355 e. The first-order chi connectivity index (χ1) is 12.6. The van der Waals surface area contributed by atoms with Gasteiger partial charge in [0, 0.05) is 45.2 Å². The monoisotopic (exact) mass is 356 g/mol. The van der Waals surface area contributed by atoms with E-state index in [9.17, 15) is 9.18 Å². The molecular formula is C18H21FN6O. The number of rotatable bonds is 5. The number of hydrogen-bond donors (Lipinski definition) is 3. The van der Waals surface area contributed by atoms with Gasteiger partial charge in [0.25, 0.3) is 0 Å². The molecule has 26 heavy (non-hydrogen) atoms. The second-order valence-electron chi connectivity index (χ2n) is 6.70. The van der Waals surface area contributed by atoms with Crippen LogP contribution in [0.15, 0.2) is 30.6 Å². The SMILES string of the molecule is Cn1cc([C@H]2CNC[C@@H]2C(=O)NCCc2nc3ccc(F)cc3[nH]2)cn1. The average molecular weight is 356 g/mol. The Morgan fingerprint density at radius 3 is 3.12 bits per heavy atom. The third-order valence-electron chi connectivity index (χ3n) is 4.86. The molecule has 7 nitrogen and oxygen atoms in total. The van der Waals surface area contributed by atoms with Gasteiger partial charge in [-0.1, -0.05) is 0 Å². The Bertz CT molecular complexity index is 933. The summed E-state index contributed by atoms with van der Waals surface area (Å²) >= 11 is 0. The molecule has 3 aromatic rings. The molecule has 0 bridgehead atoms. The number of carbonyl (C=O) groups is 1. The smallest absolute Gasteiger partial charge is 0.225 e. The van der Waals surface area contributed by atoms with Crippen molar-refractivity contribution in [1.29, 1.82) is 0 Å². The van der Waals surface area contributed by atoms with Crippen LogP contribution in [-0.2, 0) is 18.3 Å². The summed E-state index contributed by atoms with van der Waals surface area (Å²) in [6.45, 7) is 1.92. The molecule has 1 aliphatic heterocycles. The lowest BCUT2D eigenvalue weighted by atomic mass is 9.90. The van der Waals surface area contributed by atoms with Crippen molar-refractivity contribution in [2.24, 2.45) is 13.0 Å². The van der Waals surface area contributed by atoms with Gasteiger partial charge in [-0.3, -0.25) is 9.48 Å². The molecule has 3 N–H and O–H groups in total. The molecule has 1 amide bonds. The fourth-order valence-electron chi connectivity index (χ4n) is 3.52. The van der Waals surface area contributed by atoms with Crippen LogP contribution in [0.1, 0.15) is 17.3 Å². The van der Waals surface area contributed by atoms with E-state index in [-0.39, 0.29) is 23.6 Å². The molecule has 2 atom stereocenters. The third-order valence-corrected chi connectivity index (χ3v) is 4.86. The minimum atomic E-state index is -0.295. The van der Waals surface area contributed by atoms with E-state index in [4.69, 9.17) is 0 Å². The van der Waals surface area contributed by atoms with Crippen LogP contribution in [0, 0.1) is 11.7 Å².